The molecule has 1 aliphatic rings. The maximum Gasteiger partial charge on any atom is 0.256 e. The zero-order valence-corrected chi connectivity index (χ0v) is 17.3. The normalized spacial score (nSPS) is 23.1. The summed E-state index contributed by atoms with van der Waals surface area (Å²) in [5.41, 5.74) is 2.20. The highest BCUT2D eigenvalue weighted by molar-refractivity contribution is 5.97. The molecule has 0 unspecified atom stereocenters. The molecule has 0 spiro atoms. The van der Waals surface area contributed by atoms with Crippen LogP contribution in [0.15, 0.2) is 12.1 Å². The zero-order valence-electron chi connectivity index (χ0n) is 17.3. The zero-order chi connectivity index (χ0) is 19.3. The molecule has 0 heterocycles. The van der Waals surface area contributed by atoms with Crippen LogP contribution in [0, 0.1) is 19.8 Å². The summed E-state index contributed by atoms with van der Waals surface area (Å²) in [6.45, 7) is 13.0. The quantitative estimate of drug-likeness (QED) is 0.707. The standard InChI is InChI=1S/C22H35NO3/c1-7-11-25-22(10-8-9-16(4)14-22)21(24)23-19-12-17(5)20(18(6)13-19)26-15(2)3/h12-13,15-16H,7-11,14H2,1-6H3,(H,23,24)/t16-,22+/m0/s1. The van der Waals surface area contributed by atoms with E-state index in [1.165, 1.54) is 6.42 Å². The molecule has 146 valence electrons. The molecule has 0 aliphatic heterocycles. The monoisotopic (exact) mass is 361 g/mol. The Morgan fingerprint density at radius 1 is 1.31 bits per heavy atom. The van der Waals surface area contributed by atoms with E-state index in [1.54, 1.807) is 0 Å². The first kappa shape index (κ1) is 20.8. The summed E-state index contributed by atoms with van der Waals surface area (Å²) in [6, 6.07) is 3.98. The van der Waals surface area contributed by atoms with Crippen molar-refractivity contribution in [1.82, 2.24) is 0 Å². The van der Waals surface area contributed by atoms with Gasteiger partial charge >= 0.3 is 0 Å². The van der Waals surface area contributed by atoms with Crippen molar-refractivity contribution < 1.29 is 14.3 Å². The van der Waals surface area contributed by atoms with Gasteiger partial charge in [0.15, 0.2) is 0 Å². The van der Waals surface area contributed by atoms with Crippen LogP contribution in [-0.2, 0) is 9.53 Å². The molecule has 2 atom stereocenters. The molecule has 1 N–H and O–H groups in total. The highest BCUT2D eigenvalue weighted by atomic mass is 16.5. The summed E-state index contributed by atoms with van der Waals surface area (Å²) < 4.78 is 12.0. The van der Waals surface area contributed by atoms with Gasteiger partial charge in [0.05, 0.1) is 6.10 Å². The average Bonchev–Trinajstić information content (AvgIpc) is 2.56. The van der Waals surface area contributed by atoms with Crippen LogP contribution in [0.3, 0.4) is 0 Å². The largest absolute Gasteiger partial charge is 0.490 e. The number of ether oxygens (including phenoxy) is 2. The lowest BCUT2D eigenvalue weighted by Gasteiger charge is -2.38. The third kappa shape index (κ3) is 5.00. The van der Waals surface area contributed by atoms with Crippen molar-refractivity contribution in [2.45, 2.75) is 85.4 Å². The molecule has 1 aromatic carbocycles. The van der Waals surface area contributed by atoms with Gasteiger partial charge in [-0.15, -0.1) is 0 Å². The van der Waals surface area contributed by atoms with E-state index in [9.17, 15) is 4.79 Å². The molecule has 0 bridgehead atoms. The third-order valence-electron chi connectivity index (χ3n) is 5.02. The van der Waals surface area contributed by atoms with E-state index in [2.05, 4.69) is 19.2 Å². The van der Waals surface area contributed by atoms with E-state index in [0.29, 0.717) is 12.5 Å². The number of benzene rings is 1. The highest BCUT2D eigenvalue weighted by Crippen LogP contribution is 2.37. The predicted octanol–water partition coefficient (Wildman–Crippen LogP) is 5.40. The number of anilines is 1. The van der Waals surface area contributed by atoms with Crippen molar-refractivity contribution in [3.05, 3.63) is 23.3 Å². The number of nitrogens with one attached hydrogen (secondary N) is 1. The Bertz CT molecular complexity index is 603. The van der Waals surface area contributed by atoms with Gasteiger partial charge in [-0.1, -0.05) is 20.3 Å². The second kappa shape index (κ2) is 8.90. The smallest absolute Gasteiger partial charge is 0.256 e. The van der Waals surface area contributed by atoms with Gasteiger partial charge in [0.25, 0.3) is 5.91 Å². The van der Waals surface area contributed by atoms with E-state index < -0.39 is 5.60 Å². The predicted molar refractivity (Wildman–Crippen MR) is 107 cm³/mol. The summed E-state index contributed by atoms with van der Waals surface area (Å²) >= 11 is 0. The first-order chi connectivity index (χ1) is 12.3. The fourth-order valence-corrected chi connectivity index (χ4v) is 3.89. The maximum atomic E-state index is 13.2. The fourth-order valence-electron chi connectivity index (χ4n) is 3.89. The van der Waals surface area contributed by atoms with Gasteiger partial charge in [0, 0.05) is 12.3 Å². The van der Waals surface area contributed by atoms with E-state index in [1.807, 2.05) is 39.8 Å². The Labute approximate surface area is 158 Å². The average molecular weight is 362 g/mol. The van der Waals surface area contributed by atoms with Crippen LogP contribution >= 0.6 is 0 Å². The van der Waals surface area contributed by atoms with E-state index in [4.69, 9.17) is 9.47 Å². The van der Waals surface area contributed by atoms with Crippen LogP contribution in [0.25, 0.3) is 0 Å². The van der Waals surface area contributed by atoms with Gasteiger partial charge in [-0.05, 0) is 82.6 Å². The molecule has 1 saturated carbocycles. The summed E-state index contributed by atoms with van der Waals surface area (Å²) in [6.07, 6.45) is 4.85. The Hall–Kier alpha value is -1.55. The van der Waals surface area contributed by atoms with Crippen LogP contribution in [-0.4, -0.2) is 24.2 Å². The molecular weight excluding hydrogens is 326 g/mol. The number of hydrogen-bond acceptors (Lipinski definition) is 3. The summed E-state index contributed by atoms with van der Waals surface area (Å²) in [5.74, 6) is 1.41. The second-order valence-corrected chi connectivity index (χ2v) is 8.10. The maximum absolute atomic E-state index is 13.2. The molecule has 0 saturated heterocycles. The molecule has 1 fully saturated rings. The minimum absolute atomic E-state index is 0.00571. The van der Waals surface area contributed by atoms with Crippen LogP contribution < -0.4 is 10.1 Å². The summed E-state index contributed by atoms with van der Waals surface area (Å²) in [7, 11) is 0. The Balaban J connectivity index is 2.20. The van der Waals surface area contributed by atoms with E-state index in [0.717, 1.165) is 48.2 Å². The number of carbonyl (C=O) groups excluding carboxylic acids is 1. The van der Waals surface area contributed by atoms with Crippen molar-refractivity contribution in [1.29, 1.82) is 0 Å². The molecule has 1 amide bonds. The second-order valence-electron chi connectivity index (χ2n) is 8.10. The van der Waals surface area contributed by atoms with E-state index >= 15 is 0 Å². The molecule has 0 aromatic heterocycles. The third-order valence-corrected chi connectivity index (χ3v) is 5.02. The summed E-state index contributed by atoms with van der Waals surface area (Å²) in [5, 5.41) is 3.12. The lowest BCUT2D eigenvalue weighted by atomic mass is 9.78. The molecule has 0 radical (unpaired) electrons. The Kier molecular flexibility index (Phi) is 7.10. The molecule has 1 aromatic rings. The van der Waals surface area contributed by atoms with E-state index in [-0.39, 0.29) is 12.0 Å². The number of amides is 1. The van der Waals surface area contributed by atoms with Crippen molar-refractivity contribution in [2.75, 3.05) is 11.9 Å². The van der Waals surface area contributed by atoms with Gasteiger partial charge in [-0.25, -0.2) is 0 Å². The van der Waals surface area contributed by atoms with Gasteiger partial charge in [0.2, 0.25) is 0 Å². The number of carbonyl (C=O) groups is 1. The fraction of sp³-hybridized carbons (Fsp3) is 0.682. The SMILES string of the molecule is CCCO[C@]1(C(=O)Nc2cc(C)c(OC(C)C)c(C)c2)CCC[C@H](C)C1. The van der Waals surface area contributed by atoms with Crippen molar-refractivity contribution in [2.24, 2.45) is 5.92 Å². The molecule has 4 nitrogen and oxygen atoms in total. The number of rotatable bonds is 7. The van der Waals surface area contributed by atoms with Crippen LogP contribution in [0.1, 0.15) is 70.9 Å². The molecule has 26 heavy (non-hydrogen) atoms. The Morgan fingerprint density at radius 3 is 2.50 bits per heavy atom. The summed E-state index contributed by atoms with van der Waals surface area (Å²) in [4.78, 5) is 13.2. The van der Waals surface area contributed by atoms with Gasteiger partial charge in [-0.2, -0.15) is 0 Å². The van der Waals surface area contributed by atoms with Crippen molar-refractivity contribution >= 4 is 11.6 Å². The molecule has 4 heteroatoms. The van der Waals surface area contributed by atoms with Gasteiger partial charge in [-0.3, -0.25) is 4.79 Å². The highest BCUT2D eigenvalue weighted by Gasteiger charge is 2.42. The minimum atomic E-state index is -0.692. The van der Waals surface area contributed by atoms with Gasteiger partial charge in [0.1, 0.15) is 11.4 Å². The van der Waals surface area contributed by atoms with Crippen LogP contribution in [0.2, 0.25) is 0 Å². The number of hydrogen-bond donors (Lipinski definition) is 1. The van der Waals surface area contributed by atoms with Crippen LogP contribution in [0.5, 0.6) is 5.75 Å². The first-order valence-corrected chi connectivity index (χ1v) is 10.0. The topological polar surface area (TPSA) is 47.6 Å². The van der Waals surface area contributed by atoms with Crippen molar-refractivity contribution in [3.8, 4) is 5.75 Å². The lowest BCUT2D eigenvalue weighted by Crippen LogP contribution is -2.48. The van der Waals surface area contributed by atoms with Gasteiger partial charge < -0.3 is 14.8 Å². The molecular formula is C22H35NO3. The van der Waals surface area contributed by atoms with Crippen molar-refractivity contribution in [3.63, 3.8) is 0 Å². The lowest BCUT2D eigenvalue weighted by molar-refractivity contribution is -0.148. The van der Waals surface area contributed by atoms with Crippen LogP contribution in [0.4, 0.5) is 5.69 Å². The molecule has 1 aliphatic carbocycles. The Morgan fingerprint density at radius 2 is 1.96 bits per heavy atom. The first-order valence-electron chi connectivity index (χ1n) is 10.0. The minimum Gasteiger partial charge on any atom is -0.490 e. The number of aryl methyl sites for hydroxylation is 2. The molecule has 2 rings (SSSR count).